The summed E-state index contributed by atoms with van der Waals surface area (Å²) in [4.78, 5) is 57.3. The Hall–Kier alpha value is -4.14. The summed E-state index contributed by atoms with van der Waals surface area (Å²) in [6.07, 6.45) is 1.58. The van der Waals surface area contributed by atoms with Gasteiger partial charge in [-0.15, -0.1) is 11.3 Å². The first kappa shape index (κ1) is 32.8. The van der Waals surface area contributed by atoms with Crippen molar-refractivity contribution < 1.29 is 27.6 Å². The Balaban J connectivity index is 1.57. The number of carbonyl (C=O) groups is 4. The van der Waals surface area contributed by atoms with Crippen LogP contribution in [0.1, 0.15) is 70.6 Å². The van der Waals surface area contributed by atoms with Gasteiger partial charge in [-0.2, -0.15) is 0 Å². The number of hydrogen-bond acceptors (Lipinski definition) is 8. The van der Waals surface area contributed by atoms with Gasteiger partial charge in [0.25, 0.3) is 11.8 Å². The van der Waals surface area contributed by atoms with Crippen LogP contribution in [0, 0.1) is 5.92 Å². The number of benzene rings is 2. The van der Waals surface area contributed by atoms with Gasteiger partial charge in [-0.3, -0.25) is 19.2 Å². The standard InChI is InChI=1S/C30H36N6O6S2/c1-18(2)25-30-35-24(17-43-30)29(40)34-23(16-19-8-4-3-5-9-19)27(38)32-15-7-6-10-22(28(39)36-25)33-26(37)20-11-13-21(14-12-20)44(31,41)42/h3-5,8-9,11-14,17-18,22-23,25H,6-7,10,15-16H2,1-2H3,(H,32,38)(H,33,37)(H,34,40)(H,36,39)(H2,31,41,42)/t22-,23+,25+/m0/s1. The Morgan fingerprint density at radius 1 is 1.02 bits per heavy atom. The van der Waals surface area contributed by atoms with Gasteiger partial charge in [0.05, 0.1) is 10.9 Å². The molecule has 1 aliphatic heterocycles. The SMILES string of the molecule is CC(C)[C@H]1NC(=O)[C@@H](NC(=O)c2ccc(S(N)(=O)=O)cc2)CCCCNC(=O)[C@@H](Cc2ccccc2)NC(=O)c2csc1n2. The highest BCUT2D eigenvalue weighted by Crippen LogP contribution is 2.26. The molecule has 6 N–H and O–H groups in total. The normalized spacial score (nSPS) is 20.4. The molecule has 2 aromatic carbocycles. The van der Waals surface area contributed by atoms with E-state index in [4.69, 9.17) is 5.14 Å². The molecule has 1 aromatic heterocycles. The van der Waals surface area contributed by atoms with E-state index in [0.29, 0.717) is 30.8 Å². The molecule has 0 saturated heterocycles. The van der Waals surface area contributed by atoms with Gasteiger partial charge in [0.2, 0.25) is 21.8 Å². The Labute approximate surface area is 260 Å². The van der Waals surface area contributed by atoms with E-state index in [9.17, 15) is 27.6 Å². The summed E-state index contributed by atoms with van der Waals surface area (Å²) < 4.78 is 23.2. The highest BCUT2D eigenvalue weighted by Gasteiger charge is 2.29. The quantitative estimate of drug-likeness (QED) is 0.272. The van der Waals surface area contributed by atoms with Gasteiger partial charge in [0.1, 0.15) is 22.8 Å². The van der Waals surface area contributed by atoms with Crippen molar-refractivity contribution in [3.63, 3.8) is 0 Å². The molecule has 0 spiro atoms. The molecule has 0 aliphatic carbocycles. The third kappa shape index (κ3) is 8.71. The monoisotopic (exact) mass is 640 g/mol. The lowest BCUT2D eigenvalue weighted by atomic mass is 10.0. The van der Waals surface area contributed by atoms with Crippen LogP contribution in [0.5, 0.6) is 0 Å². The first-order chi connectivity index (χ1) is 20.9. The Kier molecular flexibility index (Phi) is 10.8. The predicted molar refractivity (Wildman–Crippen MR) is 165 cm³/mol. The Morgan fingerprint density at radius 3 is 2.39 bits per heavy atom. The lowest BCUT2D eigenvalue weighted by Gasteiger charge is -2.25. The maximum atomic E-state index is 13.5. The van der Waals surface area contributed by atoms with Crippen molar-refractivity contribution in [2.24, 2.45) is 11.1 Å². The number of thiazole rings is 1. The molecule has 2 bridgehead atoms. The fourth-order valence-corrected chi connectivity index (χ4v) is 6.24. The summed E-state index contributed by atoms with van der Waals surface area (Å²) in [5, 5.41) is 18.7. The second-order valence-corrected chi connectivity index (χ2v) is 13.4. The number of amides is 4. The zero-order chi connectivity index (χ0) is 31.9. The molecular formula is C30H36N6O6S2. The molecular weight excluding hydrogens is 605 g/mol. The number of sulfonamides is 1. The average Bonchev–Trinajstić information content (AvgIpc) is 3.48. The molecule has 0 radical (unpaired) electrons. The molecule has 0 fully saturated rings. The summed E-state index contributed by atoms with van der Waals surface area (Å²) >= 11 is 1.22. The second-order valence-electron chi connectivity index (χ2n) is 10.9. The van der Waals surface area contributed by atoms with Crippen LogP contribution in [-0.4, -0.2) is 55.7 Å². The first-order valence-corrected chi connectivity index (χ1v) is 16.7. The zero-order valence-corrected chi connectivity index (χ0v) is 26.0. The number of aromatic nitrogens is 1. The smallest absolute Gasteiger partial charge is 0.271 e. The topological polar surface area (TPSA) is 189 Å². The van der Waals surface area contributed by atoms with E-state index >= 15 is 0 Å². The maximum Gasteiger partial charge on any atom is 0.271 e. The fraction of sp³-hybridized carbons (Fsp3) is 0.367. The number of hydrogen-bond donors (Lipinski definition) is 5. The highest BCUT2D eigenvalue weighted by atomic mass is 32.2. The third-order valence-corrected chi connectivity index (χ3v) is 9.03. The molecule has 1 aliphatic rings. The number of nitrogens with one attached hydrogen (secondary N) is 4. The molecule has 234 valence electrons. The predicted octanol–water partition coefficient (Wildman–Crippen LogP) is 2.04. The number of carbonyl (C=O) groups excluding carboxylic acids is 4. The van der Waals surface area contributed by atoms with E-state index in [1.165, 1.54) is 35.6 Å². The largest absolute Gasteiger partial charge is 0.354 e. The van der Waals surface area contributed by atoms with Crippen molar-refractivity contribution in [3.8, 4) is 0 Å². The molecule has 12 nitrogen and oxygen atoms in total. The summed E-state index contributed by atoms with van der Waals surface area (Å²) in [7, 11) is -3.93. The number of primary sulfonamides is 1. The van der Waals surface area contributed by atoms with Crippen molar-refractivity contribution in [2.45, 2.75) is 62.6 Å². The van der Waals surface area contributed by atoms with Gasteiger partial charge >= 0.3 is 0 Å². The van der Waals surface area contributed by atoms with Gasteiger partial charge in [0.15, 0.2) is 0 Å². The summed E-state index contributed by atoms with van der Waals surface area (Å²) in [6, 6.07) is 12.2. The van der Waals surface area contributed by atoms with Crippen LogP contribution in [-0.2, 0) is 26.0 Å². The summed E-state index contributed by atoms with van der Waals surface area (Å²) in [5.41, 5.74) is 1.18. The fourth-order valence-electron chi connectivity index (χ4n) is 4.71. The Morgan fingerprint density at radius 2 is 1.73 bits per heavy atom. The van der Waals surface area contributed by atoms with Crippen molar-refractivity contribution >= 4 is 45.0 Å². The van der Waals surface area contributed by atoms with E-state index in [-0.39, 0.29) is 34.4 Å². The van der Waals surface area contributed by atoms with Gasteiger partial charge in [0, 0.05) is 23.9 Å². The number of fused-ring (bicyclic) bond motifs is 2. The minimum Gasteiger partial charge on any atom is -0.354 e. The van der Waals surface area contributed by atoms with Crippen molar-refractivity contribution in [3.05, 3.63) is 81.8 Å². The van der Waals surface area contributed by atoms with Gasteiger partial charge in [-0.1, -0.05) is 44.2 Å². The Bertz CT molecular complexity index is 1590. The second kappa shape index (κ2) is 14.6. The summed E-state index contributed by atoms with van der Waals surface area (Å²) in [5.74, 6) is -1.93. The molecule has 4 amide bonds. The van der Waals surface area contributed by atoms with Crippen LogP contribution in [0.25, 0.3) is 0 Å². The lowest BCUT2D eigenvalue weighted by molar-refractivity contribution is -0.124. The number of nitrogens with zero attached hydrogens (tertiary/aromatic N) is 1. The molecule has 2 heterocycles. The zero-order valence-electron chi connectivity index (χ0n) is 24.4. The molecule has 3 atom stereocenters. The third-order valence-electron chi connectivity index (χ3n) is 7.18. The van der Waals surface area contributed by atoms with Crippen LogP contribution < -0.4 is 26.4 Å². The summed E-state index contributed by atoms with van der Waals surface area (Å²) in [6.45, 7) is 4.11. The van der Waals surface area contributed by atoms with Crippen LogP contribution in [0.15, 0.2) is 64.9 Å². The van der Waals surface area contributed by atoms with E-state index in [1.54, 1.807) is 5.38 Å². The van der Waals surface area contributed by atoms with E-state index in [2.05, 4.69) is 26.3 Å². The van der Waals surface area contributed by atoms with Crippen LogP contribution in [0.2, 0.25) is 0 Å². The molecule has 0 unspecified atom stereocenters. The van der Waals surface area contributed by atoms with Crippen molar-refractivity contribution in [2.75, 3.05) is 6.54 Å². The van der Waals surface area contributed by atoms with Crippen LogP contribution in [0.3, 0.4) is 0 Å². The first-order valence-electron chi connectivity index (χ1n) is 14.2. The molecule has 0 saturated carbocycles. The van der Waals surface area contributed by atoms with E-state index < -0.39 is 45.9 Å². The molecule has 3 aromatic rings. The molecule has 14 heteroatoms. The van der Waals surface area contributed by atoms with E-state index in [0.717, 1.165) is 5.56 Å². The number of nitrogens with two attached hydrogens (primary N) is 1. The van der Waals surface area contributed by atoms with Gasteiger partial charge < -0.3 is 21.3 Å². The lowest BCUT2D eigenvalue weighted by Crippen LogP contribution is -2.49. The van der Waals surface area contributed by atoms with Crippen molar-refractivity contribution in [1.82, 2.24) is 26.3 Å². The highest BCUT2D eigenvalue weighted by molar-refractivity contribution is 7.89. The maximum absolute atomic E-state index is 13.5. The molecule has 44 heavy (non-hydrogen) atoms. The van der Waals surface area contributed by atoms with E-state index in [1.807, 2.05) is 44.2 Å². The van der Waals surface area contributed by atoms with Gasteiger partial charge in [-0.05, 0) is 55.0 Å². The van der Waals surface area contributed by atoms with Gasteiger partial charge in [-0.25, -0.2) is 18.5 Å². The molecule has 4 rings (SSSR count). The van der Waals surface area contributed by atoms with Crippen LogP contribution >= 0.6 is 11.3 Å². The minimum absolute atomic E-state index is 0.0985. The van der Waals surface area contributed by atoms with Crippen LogP contribution in [0.4, 0.5) is 0 Å². The average molecular weight is 641 g/mol. The van der Waals surface area contributed by atoms with Crippen molar-refractivity contribution in [1.29, 1.82) is 0 Å². The number of rotatable bonds is 6. The minimum atomic E-state index is -3.93.